The van der Waals surface area contributed by atoms with Crippen molar-refractivity contribution in [3.63, 3.8) is 0 Å². The van der Waals surface area contributed by atoms with Crippen LogP contribution in [0.2, 0.25) is 5.02 Å². The van der Waals surface area contributed by atoms with E-state index in [9.17, 15) is 0 Å². The largest absolute Gasteiger partial charge is 0.496 e. The van der Waals surface area contributed by atoms with Crippen LogP contribution in [0, 0.1) is 0 Å². The van der Waals surface area contributed by atoms with Gasteiger partial charge >= 0.3 is 0 Å². The quantitative estimate of drug-likeness (QED) is 0.889. The predicted octanol–water partition coefficient (Wildman–Crippen LogP) is 4.12. The zero-order chi connectivity index (χ0) is 11.5. The summed E-state index contributed by atoms with van der Waals surface area (Å²) in [5, 5.41) is 4.95. The van der Waals surface area contributed by atoms with Gasteiger partial charge in [-0.25, -0.2) is 0 Å². The molecule has 16 heavy (non-hydrogen) atoms. The van der Waals surface area contributed by atoms with Crippen LogP contribution >= 0.6 is 22.9 Å². The lowest BCUT2D eigenvalue weighted by atomic mass is 10.1. The lowest BCUT2D eigenvalue weighted by Gasteiger charge is -2.06. The maximum atomic E-state index is 6.00. The van der Waals surface area contributed by atoms with Crippen LogP contribution in [-0.2, 0) is 0 Å². The van der Waals surface area contributed by atoms with Crippen molar-refractivity contribution in [3.8, 4) is 16.2 Å². The molecule has 1 aromatic heterocycles. The highest BCUT2D eigenvalue weighted by molar-refractivity contribution is 7.19. The van der Waals surface area contributed by atoms with Crippen LogP contribution in [0.3, 0.4) is 0 Å². The van der Waals surface area contributed by atoms with Gasteiger partial charge < -0.3 is 10.1 Å². The van der Waals surface area contributed by atoms with E-state index in [0.29, 0.717) is 0 Å². The predicted molar refractivity (Wildman–Crippen MR) is 70.9 cm³/mol. The first kappa shape index (κ1) is 11.3. The van der Waals surface area contributed by atoms with Crippen LogP contribution < -0.4 is 10.1 Å². The highest BCUT2D eigenvalue weighted by Crippen LogP contribution is 2.38. The van der Waals surface area contributed by atoms with Crippen LogP contribution in [0.5, 0.6) is 5.75 Å². The van der Waals surface area contributed by atoms with E-state index in [-0.39, 0.29) is 0 Å². The Morgan fingerprint density at radius 2 is 2.06 bits per heavy atom. The number of methoxy groups -OCH3 is 1. The van der Waals surface area contributed by atoms with E-state index in [4.69, 9.17) is 16.3 Å². The molecule has 2 aromatic rings. The average molecular weight is 254 g/mol. The number of anilines is 1. The first-order chi connectivity index (χ1) is 7.74. The van der Waals surface area contributed by atoms with Crippen LogP contribution in [0.15, 0.2) is 30.3 Å². The van der Waals surface area contributed by atoms with E-state index < -0.39 is 0 Å². The maximum Gasteiger partial charge on any atom is 0.127 e. The Kier molecular flexibility index (Phi) is 3.36. The second kappa shape index (κ2) is 4.76. The molecule has 4 heteroatoms. The third-order valence-electron chi connectivity index (χ3n) is 2.28. The van der Waals surface area contributed by atoms with Crippen molar-refractivity contribution in [2.24, 2.45) is 0 Å². The van der Waals surface area contributed by atoms with Crippen LogP contribution in [0.4, 0.5) is 5.00 Å². The van der Waals surface area contributed by atoms with Gasteiger partial charge in [0.1, 0.15) is 5.75 Å². The molecule has 84 valence electrons. The molecule has 2 rings (SSSR count). The maximum absolute atomic E-state index is 6.00. The number of benzene rings is 1. The number of nitrogens with one attached hydrogen (secondary N) is 1. The fourth-order valence-electron chi connectivity index (χ4n) is 1.49. The average Bonchev–Trinajstić information content (AvgIpc) is 2.77. The van der Waals surface area contributed by atoms with Crippen LogP contribution in [0.25, 0.3) is 10.4 Å². The SMILES string of the molecule is CNc1ccc(-c2cc(Cl)ccc2OC)s1. The summed E-state index contributed by atoms with van der Waals surface area (Å²) < 4.78 is 5.33. The molecule has 0 fully saturated rings. The molecule has 0 saturated heterocycles. The van der Waals surface area contributed by atoms with E-state index in [2.05, 4.69) is 11.4 Å². The minimum atomic E-state index is 0.718. The number of rotatable bonds is 3. The van der Waals surface area contributed by atoms with E-state index in [0.717, 1.165) is 26.2 Å². The molecule has 0 radical (unpaired) electrons. The Morgan fingerprint density at radius 3 is 2.69 bits per heavy atom. The topological polar surface area (TPSA) is 21.3 Å². The van der Waals surface area contributed by atoms with Gasteiger partial charge in [-0.15, -0.1) is 11.3 Å². The Morgan fingerprint density at radius 1 is 1.25 bits per heavy atom. The van der Waals surface area contributed by atoms with Gasteiger partial charge in [-0.1, -0.05) is 11.6 Å². The Hall–Kier alpha value is -1.19. The summed E-state index contributed by atoms with van der Waals surface area (Å²) in [6.07, 6.45) is 0. The van der Waals surface area contributed by atoms with E-state index >= 15 is 0 Å². The Bertz CT molecular complexity index is 496. The molecule has 0 unspecified atom stereocenters. The van der Waals surface area contributed by atoms with E-state index in [1.54, 1.807) is 18.4 Å². The summed E-state index contributed by atoms with van der Waals surface area (Å²) in [5.74, 6) is 0.842. The molecule has 0 aliphatic rings. The Balaban J connectivity index is 2.49. The van der Waals surface area contributed by atoms with E-state index in [1.165, 1.54) is 0 Å². The lowest BCUT2D eigenvalue weighted by Crippen LogP contribution is -1.85. The summed E-state index contributed by atoms with van der Waals surface area (Å²) in [6, 6.07) is 9.74. The third kappa shape index (κ3) is 2.15. The molecule has 0 aliphatic heterocycles. The molecule has 0 atom stereocenters. The van der Waals surface area contributed by atoms with Crippen molar-refractivity contribution < 1.29 is 4.74 Å². The van der Waals surface area contributed by atoms with E-state index in [1.807, 2.05) is 31.3 Å². The number of thiophene rings is 1. The minimum absolute atomic E-state index is 0.718. The first-order valence-corrected chi connectivity index (χ1v) is 6.05. The van der Waals surface area contributed by atoms with Crippen molar-refractivity contribution in [2.45, 2.75) is 0 Å². The summed E-state index contributed by atoms with van der Waals surface area (Å²) in [5.41, 5.74) is 1.03. The summed E-state index contributed by atoms with van der Waals surface area (Å²) >= 11 is 7.67. The fourth-order valence-corrected chi connectivity index (χ4v) is 2.54. The van der Waals surface area contributed by atoms with Gasteiger partial charge in [-0.3, -0.25) is 0 Å². The van der Waals surface area contributed by atoms with Gasteiger partial charge in [0.25, 0.3) is 0 Å². The smallest absolute Gasteiger partial charge is 0.127 e. The lowest BCUT2D eigenvalue weighted by molar-refractivity contribution is 0.416. The molecule has 1 N–H and O–H groups in total. The number of hydrogen-bond acceptors (Lipinski definition) is 3. The molecule has 1 aromatic carbocycles. The fraction of sp³-hybridized carbons (Fsp3) is 0.167. The third-order valence-corrected chi connectivity index (χ3v) is 3.65. The molecule has 0 aliphatic carbocycles. The van der Waals surface area contributed by atoms with Crippen molar-refractivity contribution in [1.82, 2.24) is 0 Å². The number of hydrogen-bond donors (Lipinski definition) is 1. The van der Waals surface area contributed by atoms with Crippen molar-refractivity contribution in [2.75, 3.05) is 19.5 Å². The van der Waals surface area contributed by atoms with Gasteiger partial charge in [0, 0.05) is 22.5 Å². The zero-order valence-electron chi connectivity index (χ0n) is 9.08. The second-order valence-corrected chi connectivity index (χ2v) is 4.78. The number of halogens is 1. The molecule has 0 saturated carbocycles. The van der Waals surface area contributed by atoms with Crippen molar-refractivity contribution in [1.29, 1.82) is 0 Å². The first-order valence-electron chi connectivity index (χ1n) is 4.86. The molecule has 1 heterocycles. The highest BCUT2D eigenvalue weighted by atomic mass is 35.5. The standard InChI is InChI=1S/C12H12ClNOS/c1-14-12-6-5-11(16-12)9-7-8(13)3-4-10(9)15-2/h3-7,14H,1-2H3. The van der Waals surface area contributed by atoms with Gasteiger partial charge in [0.15, 0.2) is 0 Å². The molecular formula is C12H12ClNOS. The molecule has 0 spiro atoms. The molecule has 2 nitrogen and oxygen atoms in total. The van der Waals surface area contributed by atoms with Gasteiger partial charge in [-0.2, -0.15) is 0 Å². The normalized spacial score (nSPS) is 10.2. The molecule has 0 amide bonds. The number of ether oxygens (including phenoxy) is 1. The van der Waals surface area contributed by atoms with Crippen LogP contribution in [-0.4, -0.2) is 14.2 Å². The summed E-state index contributed by atoms with van der Waals surface area (Å²) in [4.78, 5) is 1.14. The Labute approximate surface area is 104 Å². The van der Waals surface area contributed by atoms with Crippen molar-refractivity contribution >= 4 is 27.9 Å². The van der Waals surface area contributed by atoms with Gasteiger partial charge in [0.2, 0.25) is 0 Å². The zero-order valence-corrected chi connectivity index (χ0v) is 10.7. The molecular weight excluding hydrogens is 242 g/mol. The monoisotopic (exact) mass is 253 g/mol. The van der Waals surface area contributed by atoms with Crippen molar-refractivity contribution in [3.05, 3.63) is 35.4 Å². The summed E-state index contributed by atoms with van der Waals surface area (Å²) in [6.45, 7) is 0. The minimum Gasteiger partial charge on any atom is -0.496 e. The van der Waals surface area contributed by atoms with Gasteiger partial charge in [0.05, 0.1) is 12.1 Å². The van der Waals surface area contributed by atoms with Gasteiger partial charge in [-0.05, 0) is 30.3 Å². The summed E-state index contributed by atoms with van der Waals surface area (Å²) in [7, 11) is 3.57. The second-order valence-electron chi connectivity index (χ2n) is 3.26. The van der Waals surface area contributed by atoms with Crippen LogP contribution in [0.1, 0.15) is 0 Å². The highest BCUT2D eigenvalue weighted by Gasteiger charge is 2.08. The molecule has 0 bridgehead atoms.